The highest BCUT2D eigenvalue weighted by Gasteiger charge is 2.49. The first-order valence-corrected chi connectivity index (χ1v) is 19.6. The maximum atomic E-state index is 11.7. The van der Waals surface area contributed by atoms with Crippen LogP contribution in [0.4, 0.5) is 0 Å². The lowest BCUT2D eigenvalue weighted by Crippen LogP contribution is -2.35. The maximum Gasteiger partial charge on any atom is 0.301 e. The Hall–Kier alpha value is -1.96. The molecule has 0 saturated carbocycles. The smallest absolute Gasteiger partial charge is 0.301 e. The van der Waals surface area contributed by atoms with E-state index in [4.69, 9.17) is 40.5 Å². The number of hydrogen-bond donors (Lipinski definition) is 1. The van der Waals surface area contributed by atoms with Crippen molar-refractivity contribution in [3.8, 4) is 17.3 Å². The predicted octanol–water partition coefficient (Wildman–Crippen LogP) is 4.51. The molecule has 3 aliphatic rings. The van der Waals surface area contributed by atoms with Gasteiger partial charge in [-0.05, 0) is 40.5 Å². The zero-order chi connectivity index (χ0) is 28.7. The average molecular weight is 618 g/mol. The molecule has 12 heteroatoms. The average Bonchev–Trinajstić information content (AvgIpc) is 3.61. The van der Waals surface area contributed by atoms with Crippen molar-refractivity contribution in [1.82, 2.24) is 14.5 Å². The van der Waals surface area contributed by atoms with E-state index in [1.54, 1.807) is 6.07 Å². The van der Waals surface area contributed by atoms with Gasteiger partial charge in [0.1, 0.15) is 42.1 Å². The molecule has 2 aromatic heterocycles. The number of halogens is 1. The second kappa shape index (κ2) is 12.0. The highest BCUT2D eigenvalue weighted by Crippen LogP contribution is 2.35. The molecule has 6 rings (SSSR count). The molecule has 0 aliphatic carbocycles. The summed E-state index contributed by atoms with van der Waals surface area (Å²) in [7, 11) is -1.27. The number of pyridine rings is 1. The molecule has 2 fully saturated rings. The Morgan fingerprint density at radius 1 is 1.12 bits per heavy atom. The lowest BCUT2D eigenvalue weighted by atomic mass is 10.0. The zero-order valence-electron chi connectivity index (χ0n) is 23.5. The Bertz CT molecular complexity index is 1430. The fraction of sp³-hybridized carbons (Fsp3) is 0.517. The Morgan fingerprint density at radius 2 is 1.88 bits per heavy atom. The number of imidazole rings is 1. The molecule has 3 aliphatic heterocycles. The third-order valence-electron chi connectivity index (χ3n) is 7.74. The van der Waals surface area contributed by atoms with Crippen molar-refractivity contribution in [2.24, 2.45) is 0 Å². The van der Waals surface area contributed by atoms with Gasteiger partial charge in [-0.15, -0.1) is 0 Å². The fourth-order valence-corrected chi connectivity index (χ4v) is 7.35. The lowest BCUT2D eigenvalue weighted by molar-refractivity contribution is 0.00336. The number of benzene rings is 1. The van der Waals surface area contributed by atoms with Gasteiger partial charge in [0.15, 0.2) is 11.8 Å². The number of aromatic nitrogens is 3. The first-order valence-electron chi connectivity index (χ1n) is 14.0. The SMILES string of the molecule is C[Si](C)(C)CCOCn1c(O[C@@H]2CO[C@H]3[C@@H]2OC[C@H]3O)nc2cc(Cl)c(-c3ccc(C4=CC[S+]([O-])CC4)cc3)nc21. The first kappa shape index (κ1) is 29.1. The molecule has 0 spiro atoms. The van der Waals surface area contributed by atoms with Crippen LogP contribution in [0.5, 0.6) is 6.01 Å². The van der Waals surface area contributed by atoms with E-state index >= 15 is 0 Å². The molecule has 220 valence electrons. The zero-order valence-corrected chi connectivity index (χ0v) is 26.1. The van der Waals surface area contributed by atoms with Crippen LogP contribution in [0.15, 0.2) is 36.4 Å². The van der Waals surface area contributed by atoms with Crippen molar-refractivity contribution in [1.29, 1.82) is 0 Å². The molecule has 2 saturated heterocycles. The molecule has 0 bridgehead atoms. The van der Waals surface area contributed by atoms with Gasteiger partial charge < -0.3 is 28.6 Å². The van der Waals surface area contributed by atoms with Crippen molar-refractivity contribution < 1.29 is 28.6 Å². The molecule has 9 nitrogen and oxygen atoms in total. The van der Waals surface area contributed by atoms with Crippen LogP contribution in [0, 0.1) is 0 Å². The third-order valence-corrected chi connectivity index (χ3v) is 10.9. The van der Waals surface area contributed by atoms with Gasteiger partial charge in [0.25, 0.3) is 0 Å². The number of aliphatic hydroxyl groups is 1. The highest BCUT2D eigenvalue weighted by molar-refractivity contribution is 7.91. The molecular weight excluding hydrogens is 582 g/mol. The Labute approximate surface area is 249 Å². The molecule has 1 N–H and O–H groups in total. The van der Waals surface area contributed by atoms with E-state index in [1.807, 2.05) is 16.7 Å². The van der Waals surface area contributed by atoms with Crippen LogP contribution in [-0.2, 0) is 32.1 Å². The van der Waals surface area contributed by atoms with Gasteiger partial charge in [-0.1, -0.05) is 55.5 Å². The monoisotopic (exact) mass is 617 g/mol. The van der Waals surface area contributed by atoms with Crippen LogP contribution in [0.25, 0.3) is 28.0 Å². The van der Waals surface area contributed by atoms with E-state index < -0.39 is 37.6 Å². The maximum absolute atomic E-state index is 11.7. The molecule has 1 unspecified atom stereocenters. The summed E-state index contributed by atoms with van der Waals surface area (Å²) >= 11 is 5.99. The van der Waals surface area contributed by atoms with Crippen LogP contribution in [0.2, 0.25) is 30.7 Å². The van der Waals surface area contributed by atoms with Gasteiger partial charge in [0.2, 0.25) is 0 Å². The molecule has 3 aromatic rings. The summed E-state index contributed by atoms with van der Waals surface area (Å²) < 4.78 is 37.5. The Kier molecular flexibility index (Phi) is 8.50. The number of fused-ring (bicyclic) bond motifs is 2. The van der Waals surface area contributed by atoms with Crippen LogP contribution in [0.1, 0.15) is 12.0 Å². The highest BCUT2D eigenvalue weighted by atomic mass is 35.5. The van der Waals surface area contributed by atoms with E-state index in [9.17, 15) is 9.66 Å². The Morgan fingerprint density at radius 3 is 2.61 bits per heavy atom. The summed E-state index contributed by atoms with van der Waals surface area (Å²) in [6, 6.07) is 11.4. The van der Waals surface area contributed by atoms with Gasteiger partial charge >= 0.3 is 6.01 Å². The number of nitrogens with zero attached hydrogens (tertiary/aromatic N) is 3. The number of aliphatic hydroxyl groups excluding tert-OH is 1. The van der Waals surface area contributed by atoms with Crippen LogP contribution in [-0.4, -0.2) is 88.0 Å². The molecule has 0 amide bonds. The van der Waals surface area contributed by atoms with E-state index in [1.165, 1.54) is 5.57 Å². The van der Waals surface area contributed by atoms with Crippen LogP contribution in [0.3, 0.4) is 0 Å². The lowest BCUT2D eigenvalue weighted by Gasteiger charge is -2.19. The van der Waals surface area contributed by atoms with Gasteiger partial charge in [0.05, 0.1) is 23.9 Å². The van der Waals surface area contributed by atoms with E-state index in [0.717, 1.165) is 23.6 Å². The van der Waals surface area contributed by atoms with Crippen molar-refractivity contribution in [2.75, 3.05) is 31.3 Å². The topological polar surface area (TPSA) is 111 Å². The third kappa shape index (κ3) is 6.37. The van der Waals surface area contributed by atoms with Gasteiger partial charge in [-0.3, -0.25) is 4.57 Å². The molecule has 5 heterocycles. The molecule has 0 radical (unpaired) electrons. The minimum Gasteiger partial charge on any atom is -0.616 e. The number of rotatable bonds is 9. The van der Waals surface area contributed by atoms with Gasteiger partial charge in [0, 0.05) is 26.7 Å². The molecule has 5 atom stereocenters. The minimum atomic E-state index is -1.27. The minimum absolute atomic E-state index is 0.224. The summed E-state index contributed by atoms with van der Waals surface area (Å²) in [5, 5.41) is 10.6. The molecule has 1 aromatic carbocycles. The standard InChI is InChI=1S/C29H36ClN3O6SSi/c1-41(2,3)13-10-36-17-33-28-22(31-29(33)39-24-16-38-26-23(34)15-37-27(24)26)14-21(30)25(32-28)20-6-4-18(5-7-20)19-8-11-40(35)12-9-19/h4-8,14,23-24,26-27,34H,9-13,15-17H2,1-3H3/t23-,24-,26-,27-,40?/m1/s1. The Balaban J connectivity index is 1.30. The number of ether oxygens (including phenoxy) is 4. The second-order valence-electron chi connectivity index (χ2n) is 12.0. The molecule has 41 heavy (non-hydrogen) atoms. The first-order chi connectivity index (χ1) is 19.7. The van der Waals surface area contributed by atoms with Gasteiger partial charge in [-0.2, -0.15) is 4.98 Å². The van der Waals surface area contributed by atoms with Crippen molar-refractivity contribution >= 4 is 47.6 Å². The van der Waals surface area contributed by atoms with E-state index in [-0.39, 0.29) is 19.4 Å². The summed E-state index contributed by atoms with van der Waals surface area (Å²) in [6.07, 6.45) is 1.04. The van der Waals surface area contributed by atoms with E-state index in [0.29, 0.717) is 52.6 Å². The summed E-state index contributed by atoms with van der Waals surface area (Å²) in [5.41, 5.74) is 5.08. The summed E-state index contributed by atoms with van der Waals surface area (Å²) in [6.45, 7) is 8.33. The fourth-order valence-electron chi connectivity index (χ4n) is 5.33. The largest absolute Gasteiger partial charge is 0.616 e. The van der Waals surface area contributed by atoms with Crippen molar-refractivity contribution in [3.05, 3.63) is 47.0 Å². The van der Waals surface area contributed by atoms with Gasteiger partial charge in [-0.25, -0.2) is 4.98 Å². The summed E-state index contributed by atoms with van der Waals surface area (Å²) in [5.74, 6) is 1.31. The normalized spacial score (nSPS) is 26.4. The quantitative estimate of drug-likeness (QED) is 0.212. The number of hydrogen-bond acceptors (Lipinski definition) is 8. The van der Waals surface area contributed by atoms with Crippen LogP contribution < -0.4 is 4.74 Å². The predicted molar refractivity (Wildman–Crippen MR) is 162 cm³/mol. The summed E-state index contributed by atoms with van der Waals surface area (Å²) in [4.78, 5) is 9.69. The van der Waals surface area contributed by atoms with E-state index in [2.05, 4.69) is 37.8 Å². The molecular formula is C29H36ClN3O6SSi. The van der Waals surface area contributed by atoms with Crippen molar-refractivity contribution in [3.63, 3.8) is 0 Å². The van der Waals surface area contributed by atoms with Crippen molar-refractivity contribution in [2.45, 2.75) is 63.3 Å². The second-order valence-corrected chi connectivity index (χ2v) is 19.7. The number of allylic oxidation sites excluding steroid dienone is 1. The van der Waals surface area contributed by atoms with Crippen LogP contribution >= 0.6 is 11.6 Å².